The predicted octanol–water partition coefficient (Wildman–Crippen LogP) is 1.03. The van der Waals surface area contributed by atoms with Crippen LogP contribution in [0.2, 0.25) is 0 Å². The molecule has 0 saturated carbocycles. The largest absolute Gasteiger partial charge is 0.508 e. The zero-order valence-electron chi connectivity index (χ0n) is 10.2. The van der Waals surface area contributed by atoms with Gasteiger partial charge in [0.1, 0.15) is 17.6 Å². The smallest absolute Gasteiger partial charge is 0.321 e. The van der Waals surface area contributed by atoms with Crippen molar-refractivity contribution in [2.45, 2.75) is 19.1 Å². The van der Waals surface area contributed by atoms with Crippen molar-refractivity contribution in [2.75, 3.05) is 11.4 Å². The van der Waals surface area contributed by atoms with Gasteiger partial charge in [0, 0.05) is 6.07 Å². The number of rotatable bonds is 0. The summed E-state index contributed by atoms with van der Waals surface area (Å²) in [6.07, 6.45) is -0.126. The number of benzene rings is 1. The zero-order chi connectivity index (χ0) is 13.7. The van der Waals surface area contributed by atoms with Crippen LogP contribution >= 0.6 is 12.2 Å². The second-order valence-corrected chi connectivity index (χ2v) is 5.01. The first-order chi connectivity index (χ1) is 8.99. The molecule has 0 spiro atoms. The van der Waals surface area contributed by atoms with Crippen LogP contribution < -0.4 is 15.4 Å². The maximum Gasteiger partial charge on any atom is 0.321 e. The highest BCUT2D eigenvalue weighted by Crippen LogP contribution is 2.41. The Morgan fingerprint density at radius 3 is 3.00 bits per heavy atom. The third-order valence-electron chi connectivity index (χ3n) is 3.46. The Kier molecular flexibility index (Phi) is 2.53. The number of hydrogen-bond donors (Lipinski definition) is 2. The minimum Gasteiger partial charge on any atom is -0.508 e. The lowest BCUT2D eigenvalue weighted by molar-refractivity contribution is 0.175. The summed E-state index contributed by atoms with van der Waals surface area (Å²) >= 11 is 5.30. The van der Waals surface area contributed by atoms with Crippen LogP contribution in [0.25, 0.3) is 0 Å². The van der Waals surface area contributed by atoms with Crippen LogP contribution in [0.1, 0.15) is 6.92 Å². The lowest BCUT2D eigenvalue weighted by atomic mass is 10.1. The van der Waals surface area contributed by atoms with E-state index in [1.807, 2.05) is 11.8 Å². The van der Waals surface area contributed by atoms with Crippen molar-refractivity contribution in [3.05, 3.63) is 18.2 Å². The maximum atomic E-state index is 11.4. The second-order valence-electron chi connectivity index (χ2n) is 4.64. The van der Waals surface area contributed by atoms with Crippen molar-refractivity contribution < 1.29 is 14.6 Å². The Morgan fingerprint density at radius 2 is 2.32 bits per heavy atom. The van der Waals surface area contributed by atoms with Gasteiger partial charge in [0.2, 0.25) is 0 Å². The first-order valence-corrected chi connectivity index (χ1v) is 6.29. The maximum absolute atomic E-state index is 11.4. The molecular formula is C12H13N3O3S. The molecule has 7 heteroatoms. The first-order valence-electron chi connectivity index (χ1n) is 5.89. The number of urea groups is 1. The van der Waals surface area contributed by atoms with Crippen molar-refractivity contribution in [1.29, 1.82) is 0 Å². The van der Waals surface area contributed by atoms with Gasteiger partial charge in [-0.25, -0.2) is 4.79 Å². The van der Waals surface area contributed by atoms with Crippen LogP contribution in [0.5, 0.6) is 11.5 Å². The standard InChI is InChI=1S/C12H13N3O3S/c1-6-9-5-14(11(13)17)12(19)15(9)8-4-7(16)2-3-10(8)18-6/h2-4,6,9,16H,5H2,1H3,(H2,13,17). The van der Waals surface area contributed by atoms with Crippen molar-refractivity contribution >= 4 is 29.0 Å². The van der Waals surface area contributed by atoms with Gasteiger partial charge in [-0.3, -0.25) is 4.90 Å². The molecule has 19 heavy (non-hydrogen) atoms. The molecule has 0 aliphatic carbocycles. The predicted molar refractivity (Wildman–Crippen MR) is 73.4 cm³/mol. The van der Waals surface area contributed by atoms with Crippen LogP contribution in [0.15, 0.2) is 18.2 Å². The Labute approximate surface area is 115 Å². The van der Waals surface area contributed by atoms with Gasteiger partial charge in [-0.15, -0.1) is 0 Å². The molecule has 2 heterocycles. The number of aromatic hydroxyl groups is 1. The van der Waals surface area contributed by atoms with Gasteiger partial charge < -0.3 is 20.5 Å². The summed E-state index contributed by atoms with van der Waals surface area (Å²) in [6.45, 7) is 2.31. The van der Waals surface area contributed by atoms with Gasteiger partial charge in [-0.1, -0.05) is 0 Å². The number of carbonyl (C=O) groups excluding carboxylic acids is 1. The van der Waals surface area contributed by atoms with E-state index in [9.17, 15) is 9.90 Å². The average Bonchev–Trinajstić information content (AvgIpc) is 2.69. The number of amides is 2. The van der Waals surface area contributed by atoms with Crippen LogP contribution in [0, 0.1) is 0 Å². The molecule has 1 aromatic carbocycles. The Hall–Kier alpha value is -2.02. The second kappa shape index (κ2) is 3.99. The molecule has 0 radical (unpaired) electrons. The molecule has 100 valence electrons. The number of thiocarbonyl (C=S) groups is 1. The molecule has 1 aromatic rings. The monoisotopic (exact) mass is 279 g/mol. The summed E-state index contributed by atoms with van der Waals surface area (Å²) in [6, 6.07) is 4.15. The molecule has 3 N–H and O–H groups in total. The Balaban J connectivity index is 2.09. The number of fused-ring (bicyclic) bond motifs is 3. The van der Waals surface area contributed by atoms with E-state index in [0.29, 0.717) is 23.1 Å². The van der Waals surface area contributed by atoms with E-state index < -0.39 is 6.03 Å². The number of nitrogens with zero attached hydrogens (tertiary/aromatic N) is 2. The summed E-state index contributed by atoms with van der Waals surface area (Å²) in [7, 11) is 0. The van der Waals surface area contributed by atoms with Crippen molar-refractivity contribution in [1.82, 2.24) is 4.90 Å². The van der Waals surface area contributed by atoms with E-state index in [-0.39, 0.29) is 17.9 Å². The molecule has 3 rings (SSSR count). The van der Waals surface area contributed by atoms with Crippen LogP contribution in [0.4, 0.5) is 10.5 Å². The molecule has 1 saturated heterocycles. The average molecular weight is 279 g/mol. The van der Waals surface area contributed by atoms with Crippen molar-refractivity contribution in [2.24, 2.45) is 5.73 Å². The van der Waals surface area contributed by atoms with E-state index in [2.05, 4.69) is 0 Å². The number of carbonyl (C=O) groups is 1. The van der Waals surface area contributed by atoms with E-state index in [1.165, 1.54) is 4.90 Å². The third kappa shape index (κ3) is 1.69. The Morgan fingerprint density at radius 1 is 1.58 bits per heavy atom. The summed E-state index contributed by atoms with van der Waals surface area (Å²) in [4.78, 5) is 14.6. The highest BCUT2D eigenvalue weighted by Gasteiger charge is 2.45. The van der Waals surface area contributed by atoms with Crippen LogP contribution in [0.3, 0.4) is 0 Å². The van der Waals surface area contributed by atoms with Gasteiger partial charge in [-0.2, -0.15) is 0 Å². The summed E-state index contributed by atoms with van der Waals surface area (Å²) in [5.74, 6) is 0.756. The fourth-order valence-corrected chi connectivity index (χ4v) is 2.91. The molecule has 2 aliphatic rings. The molecule has 2 unspecified atom stereocenters. The van der Waals surface area contributed by atoms with Gasteiger partial charge >= 0.3 is 6.03 Å². The highest BCUT2D eigenvalue weighted by molar-refractivity contribution is 7.80. The minimum atomic E-state index is -0.576. The van der Waals surface area contributed by atoms with E-state index in [4.69, 9.17) is 22.7 Å². The molecule has 2 atom stereocenters. The number of hydrogen-bond acceptors (Lipinski definition) is 4. The molecule has 2 amide bonds. The number of phenols is 1. The van der Waals surface area contributed by atoms with Crippen molar-refractivity contribution in [3.8, 4) is 11.5 Å². The molecule has 2 aliphatic heterocycles. The summed E-state index contributed by atoms with van der Waals surface area (Å²) < 4.78 is 5.79. The normalized spacial score (nSPS) is 24.8. The molecular weight excluding hydrogens is 266 g/mol. The quantitative estimate of drug-likeness (QED) is 0.693. The highest BCUT2D eigenvalue weighted by atomic mass is 32.1. The van der Waals surface area contributed by atoms with Gasteiger partial charge in [0.25, 0.3) is 0 Å². The molecule has 0 aromatic heterocycles. The third-order valence-corrected chi connectivity index (χ3v) is 3.88. The number of ether oxygens (including phenoxy) is 1. The minimum absolute atomic E-state index is 0.0886. The number of nitrogens with two attached hydrogens (primary N) is 1. The van der Waals surface area contributed by atoms with Crippen LogP contribution in [-0.2, 0) is 0 Å². The van der Waals surface area contributed by atoms with Crippen LogP contribution in [-0.4, -0.2) is 39.8 Å². The van der Waals surface area contributed by atoms with Gasteiger partial charge in [0.15, 0.2) is 5.11 Å². The van der Waals surface area contributed by atoms with Crippen molar-refractivity contribution in [3.63, 3.8) is 0 Å². The van der Waals surface area contributed by atoms with Gasteiger partial charge in [0.05, 0.1) is 18.3 Å². The fourth-order valence-electron chi connectivity index (χ4n) is 2.52. The molecule has 1 fully saturated rings. The van der Waals surface area contributed by atoms with E-state index in [0.717, 1.165) is 0 Å². The summed E-state index contributed by atoms with van der Waals surface area (Å²) in [5.41, 5.74) is 5.98. The Bertz CT molecular complexity index is 577. The molecule has 6 nitrogen and oxygen atoms in total. The van der Waals surface area contributed by atoms with E-state index >= 15 is 0 Å². The SMILES string of the molecule is CC1Oc2ccc(O)cc2N2C(=S)N(C(N)=O)CC12. The number of phenolic OH excluding ortho intramolecular Hbond substituents is 1. The number of primary amides is 1. The summed E-state index contributed by atoms with van der Waals surface area (Å²) in [5, 5.41) is 9.95. The lowest BCUT2D eigenvalue weighted by Gasteiger charge is -2.36. The lowest BCUT2D eigenvalue weighted by Crippen LogP contribution is -2.47. The first kappa shape index (κ1) is 12.0. The molecule has 0 bridgehead atoms. The van der Waals surface area contributed by atoms with E-state index in [1.54, 1.807) is 18.2 Å². The van der Waals surface area contributed by atoms with Gasteiger partial charge in [-0.05, 0) is 31.3 Å². The zero-order valence-corrected chi connectivity index (χ0v) is 11.1. The topological polar surface area (TPSA) is 79.0 Å². The fraction of sp³-hybridized carbons (Fsp3) is 0.333. The number of anilines is 1.